The molecule has 0 radical (unpaired) electrons. The third-order valence-electron chi connectivity index (χ3n) is 4.75. The second kappa shape index (κ2) is 10.1. The van der Waals surface area contributed by atoms with E-state index in [0.717, 1.165) is 44.6 Å². The summed E-state index contributed by atoms with van der Waals surface area (Å²) in [5.41, 5.74) is 3.54. The molecule has 1 heterocycles. The summed E-state index contributed by atoms with van der Waals surface area (Å²) < 4.78 is 6.35. The van der Waals surface area contributed by atoms with Crippen LogP contribution in [0.25, 0.3) is 0 Å². The highest BCUT2D eigenvalue weighted by molar-refractivity contribution is 7.99. The second-order valence-corrected chi connectivity index (χ2v) is 7.88. The molecule has 9 heteroatoms. The molecule has 0 saturated heterocycles. The largest absolute Gasteiger partial charge is 0.494 e. The van der Waals surface area contributed by atoms with E-state index < -0.39 is 5.56 Å². The number of thioether (sulfide) groups is 1. The van der Waals surface area contributed by atoms with Crippen LogP contribution in [0.5, 0.6) is 5.75 Å². The summed E-state index contributed by atoms with van der Waals surface area (Å²) in [4.78, 5) is 24.9. The molecule has 0 atom stereocenters. The van der Waals surface area contributed by atoms with Crippen molar-refractivity contribution in [2.75, 3.05) is 23.5 Å². The number of nitrogen functional groups attached to an aromatic ring is 1. The van der Waals surface area contributed by atoms with Crippen LogP contribution in [-0.2, 0) is 11.2 Å². The fourth-order valence-electron chi connectivity index (χ4n) is 2.90. The van der Waals surface area contributed by atoms with Gasteiger partial charge in [-0.25, -0.2) is 0 Å². The van der Waals surface area contributed by atoms with E-state index in [0.29, 0.717) is 13.0 Å². The van der Waals surface area contributed by atoms with E-state index in [4.69, 9.17) is 10.6 Å². The standard InChI is InChI=1S/C22H25N5O3S/c1-4-30-17-10-8-16(9-11-17)12-19-21(29)27(23)22(26-25-19)31-13-20(28)24-18-7-5-6-14(2)15(18)3/h5-11H,4,12-13,23H2,1-3H3,(H,24,28). The maximum absolute atomic E-state index is 12.6. The van der Waals surface area contributed by atoms with Crippen molar-refractivity contribution in [3.63, 3.8) is 0 Å². The Morgan fingerprint density at radius 1 is 1.16 bits per heavy atom. The topological polar surface area (TPSA) is 112 Å². The SMILES string of the molecule is CCOc1ccc(Cc2nnc(SCC(=O)Nc3cccc(C)c3C)n(N)c2=O)cc1. The Kier molecular flexibility index (Phi) is 7.30. The maximum atomic E-state index is 12.6. The van der Waals surface area contributed by atoms with E-state index in [9.17, 15) is 9.59 Å². The Bertz CT molecular complexity index is 1130. The van der Waals surface area contributed by atoms with E-state index in [2.05, 4.69) is 15.5 Å². The molecule has 162 valence electrons. The molecule has 0 fully saturated rings. The first-order chi connectivity index (χ1) is 14.9. The second-order valence-electron chi connectivity index (χ2n) is 6.94. The Morgan fingerprint density at radius 3 is 2.61 bits per heavy atom. The lowest BCUT2D eigenvalue weighted by Gasteiger charge is -2.11. The first-order valence-corrected chi connectivity index (χ1v) is 10.8. The van der Waals surface area contributed by atoms with Crippen LogP contribution in [0.4, 0.5) is 5.69 Å². The van der Waals surface area contributed by atoms with Crippen LogP contribution in [0.15, 0.2) is 52.4 Å². The van der Waals surface area contributed by atoms with E-state index >= 15 is 0 Å². The van der Waals surface area contributed by atoms with Gasteiger partial charge in [0.15, 0.2) is 0 Å². The van der Waals surface area contributed by atoms with Gasteiger partial charge >= 0.3 is 0 Å². The van der Waals surface area contributed by atoms with Crippen molar-refractivity contribution in [1.29, 1.82) is 0 Å². The molecule has 8 nitrogen and oxygen atoms in total. The minimum absolute atomic E-state index is 0.0525. The van der Waals surface area contributed by atoms with Crippen LogP contribution in [-0.4, -0.2) is 33.1 Å². The van der Waals surface area contributed by atoms with Crippen LogP contribution in [0.3, 0.4) is 0 Å². The van der Waals surface area contributed by atoms with Crippen LogP contribution in [0, 0.1) is 13.8 Å². The number of ether oxygens (including phenoxy) is 1. The minimum atomic E-state index is -0.443. The molecule has 0 spiro atoms. The summed E-state index contributed by atoms with van der Waals surface area (Å²) in [6.07, 6.45) is 0.299. The molecule has 3 rings (SSSR count). The summed E-state index contributed by atoms with van der Waals surface area (Å²) in [7, 11) is 0. The first-order valence-electron chi connectivity index (χ1n) is 9.83. The number of carbonyl (C=O) groups excluding carboxylic acids is 1. The Hall–Kier alpha value is -3.33. The van der Waals surface area contributed by atoms with Gasteiger partial charge in [0.1, 0.15) is 11.4 Å². The molecule has 0 aliphatic heterocycles. The van der Waals surface area contributed by atoms with E-state index in [1.165, 1.54) is 0 Å². The molecule has 1 aromatic heterocycles. The third kappa shape index (κ3) is 5.64. The molecule has 0 bridgehead atoms. The van der Waals surface area contributed by atoms with Crippen LogP contribution < -0.4 is 21.5 Å². The Morgan fingerprint density at radius 2 is 1.90 bits per heavy atom. The average molecular weight is 440 g/mol. The fraction of sp³-hybridized carbons (Fsp3) is 0.273. The quantitative estimate of drug-likeness (QED) is 0.410. The van der Waals surface area contributed by atoms with Crippen molar-refractivity contribution in [3.05, 3.63) is 75.2 Å². The number of rotatable bonds is 8. The van der Waals surface area contributed by atoms with Crippen molar-refractivity contribution in [1.82, 2.24) is 14.9 Å². The predicted molar refractivity (Wildman–Crippen MR) is 122 cm³/mol. The zero-order chi connectivity index (χ0) is 22.4. The molecule has 0 saturated carbocycles. The molecule has 1 amide bonds. The number of hydrogen-bond donors (Lipinski definition) is 2. The number of nitrogens with two attached hydrogens (primary N) is 1. The molecule has 2 aromatic carbocycles. The first kappa shape index (κ1) is 22.4. The minimum Gasteiger partial charge on any atom is -0.494 e. The zero-order valence-electron chi connectivity index (χ0n) is 17.7. The number of carbonyl (C=O) groups is 1. The molecular formula is C22H25N5O3S. The maximum Gasteiger partial charge on any atom is 0.294 e. The molecule has 0 unspecified atom stereocenters. The summed E-state index contributed by atoms with van der Waals surface area (Å²) in [6, 6.07) is 13.1. The molecule has 0 aliphatic carbocycles. The van der Waals surface area contributed by atoms with Gasteiger partial charge in [0.2, 0.25) is 11.1 Å². The lowest BCUT2D eigenvalue weighted by molar-refractivity contribution is -0.113. The highest BCUT2D eigenvalue weighted by Crippen LogP contribution is 2.19. The Balaban J connectivity index is 1.64. The molecule has 31 heavy (non-hydrogen) atoms. The smallest absolute Gasteiger partial charge is 0.294 e. The van der Waals surface area contributed by atoms with Gasteiger partial charge in [0.25, 0.3) is 5.56 Å². The van der Waals surface area contributed by atoms with Gasteiger partial charge in [-0.2, -0.15) is 4.68 Å². The lowest BCUT2D eigenvalue weighted by atomic mass is 10.1. The van der Waals surface area contributed by atoms with Crippen LogP contribution >= 0.6 is 11.8 Å². The van der Waals surface area contributed by atoms with Gasteiger partial charge in [0, 0.05) is 12.1 Å². The highest BCUT2D eigenvalue weighted by atomic mass is 32.2. The van der Waals surface area contributed by atoms with Crippen molar-refractivity contribution >= 4 is 23.4 Å². The number of hydrogen-bond acceptors (Lipinski definition) is 7. The highest BCUT2D eigenvalue weighted by Gasteiger charge is 2.14. The van der Waals surface area contributed by atoms with Gasteiger partial charge in [-0.3, -0.25) is 9.59 Å². The van der Waals surface area contributed by atoms with Crippen LogP contribution in [0.2, 0.25) is 0 Å². The number of amides is 1. The summed E-state index contributed by atoms with van der Waals surface area (Å²) in [6.45, 7) is 6.44. The van der Waals surface area contributed by atoms with Crippen molar-refractivity contribution in [2.45, 2.75) is 32.3 Å². The lowest BCUT2D eigenvalue weighted by Crippen LogP contribution is -2.34. The number of nitrogens with zero attached hydrogens (tertiary/aromatic N) is 3. The number of aromatic nitrogens is 3. The number of aryl methyl sites for hydroxylation is 1. The molecular weight excluding hydrogens is 414 g/mol. The number of nitrogens with one attached hydrogen (secondary N) is 1. The molecule has 3 aromatic rings. The number of anilines is 1. The van der Waals surface area contributed by atoms with Gasteiger partial charge < -0.3 is 15.9 Å². The van der Waals surface area contributed by atoms with Crippen molar-refractivity contribution in [2.24, 2.45) is 0 Å². The van der Waals surface area contributed by atoms with E-state index in [1.807, 2.05) is 63.2 Å². The molecule has 3 N–H and O–H groups in total. The molecule has 0 aliphatic rings. The van der Waals surface area contributed by atoms with Crippen molar-refractivity contribution < 1.29 is 9.53 Å². The van der Waals surface area contributed by atoms with E-state index in [1.54, 1.807) is 0 Å². The van der Waals surface area contributed by atoms with Gasteiger partial charge in [-0.15, -0.1) is 10.2 Å². The van der Waals surface area contributed by atoms with Gasteiger partial charge in [-0.05, 0) is 55.7 Å². The van der Waals surface area contributed by atoms with Crippen molar-refractivity contribution in [3.8, 4) is 5.75 Å². The fourth-order valence-corrected chi connectivity index (χ4v) is 3.55. The summed E-state index contributed by atoms with van der Waals surface area (Å²) >= 11 is 1.06. The summed E-state index contributed by atoms with van der Waals surface area (Å²) in [5, 5.41) is 11.1. The Labute approximate surface area is 184 Å². The average Bonchev–Trinajstić information content (AvgIpc) is 2.76. The summed E-state index contributed by atoms with van der Waals surface area (Å²) in [5.74, 6) is 6.51. The zero-order valence-corrected chi connectivity index (χ0v) is 18.5. The normalized spacial score (nSPS) is 10.7. The van der Waals surface area contributed by atoms with Gasteiger partial charge in [-0.1, -0.05) is 36.0 Å². The third-order valence-corrected chi connectivity index (χ3v) is 5.69. The van der Waals surface area contributed by atoms with Crippen LogP contribution in [0.1, 0.15) is 29.3 Å². The predicted octanol–water partition coefficient (Wildman–Crippen LogP) is 2.69. The van der Waals surface area contributed by atoms with Gasteiger partial charge in [0.05, 0.1) is 12.4 Å². The monoisotopic (exact) mass is 439 g/mol. The number of benzene rings is 2. The van der Waals surface area contributed by atoms with E-state index in [-0.39, 0.29) is 22.5 Å².